The van der Waals surface area contributed by atoms with Crippen molar-refractivity contribution in [2.24, 2.45) is 0 Å². The minimum absolute atomic E-state index is 0.213. The van der Waals surface area contributed by atoms with Gasteiger partial charge in [0.15, 0.2) is 0 Å². The fourth-order valence-electron chi connectivity index (χ4n) is 5.01. The van der Waals surface area contributed by atoms with Gasteiger partial charge in [0.25, 0.3) is 0 Å². The van der Waals surface area contributed by atoms with Crippen LogP contribution in [0, 0.1) is 0 Å². The maximum Gasteiger partial charge on any atom is 0.115 e. The second-order valence-electron chi connectivity index (χ2n) is 10.2. The van der Waals surface area contributed by atoms with Crippen LogP contribution < -0.4 is 10.6 Å². The Morgan fingerprint density at radius 3 is 1.25 bits per heavy atom. The van der Waals surface area contributed by atoms with Gasteiger partial charge in [-0.15, -0.1) is 0 Å². The molecule has 0 aliphatic carbocycles. The zero-order valence-corrected chi connectivity index (χ0v) is 23.2. The van der Waals surface area contributed by atoms with Gasteiger partial charge >= 0.3 is 0 Å². The van der Waals surface area contributed by atoms with Gasteiger partial charge in [0.05, 0.1) is 0 Å². The highest BCUT2D eigenvalue weighted by Gasteiger charge is 2.12. The molecule has 3 aromatic carbocycles. The summed E-state index contributed by atoms with van der Waals surface area (Å²) in [6.45, 7) is 0. The highest BCUT2D eigenvalue weighted by Crippen LogP contribution is 2.34. The lowest BCUT2D eigenvalue weighted by Gasteiger charge is -2.18. The van der Waals surface area contributed by atoms with Crippen molar-refractivity contribution >= 4 is 18.5 Å². The lowest BCUT2D eigenvalue weighted by molar-refractivity contribution is 0.475. The van der Waals surface area contributed by atoms with Gasteiger partial charge in [-0.05, 0) is 61.7 Å². The predicted molar refractivity (Wildman–Crippen MR) is 160 cm³/mol. The summed E-state index contributed by atoms with van der Waals surface area (Å²) in [5, 5.41) is 12.4. The van der Waals surface area contributed by atoms with Crippen molar-refractivity contribution in [1.29, 1.82) is 0 Å². The quantitative estimate of drug-likeness (QED) is 0.128. The molecule has 0 fully saturated rings. The number of aromatic hydroxyl groups is 1. The van der Waals surface area contributed by atoms with Crippen LogP contribution in [0.25, 0.3) is 0 Å². The van der Waals surface area contributed by atoms with Crippen molar-refractivity contribution < 1.29 is 5.11 Å². The van der Waals surface area contributed by atoms with Gasteiger partial charge in [-0.2, -0.15) is 0 Å². The molecule has 0 saturated carbocycles. The summed E-state index contributed by atoms with van der Waals surface area (Å²) < 4.78 is 0. The van der Waals surface area contributed by atoms with Gasteiger partial charge in [-0.3, -0.25) is 0 Å². The van der Waals surface area contributed by atoms with E-state index in [1.165, 1.54) is 112 Å². The molecule has 0 amide bonds. The molecule has 0 spiro atoms. The van der Waals surface area contributed by atoms with E-state index in [-0.39, 0.29) is 7.92 Å². The van der Waals surface area contributed by atoms with Gasteiger partial charge in [0, 0.05) is 0 Å². The number of aryl methyl sites for hydroxylation is 1. The van der Waals surface area contributed by atoms with E-state index in [1.807, 2.05) is 12.1 Å². The fraction of sp³-hybridized carbons (Fsp3) is 0.471. The van der Waals surface area contributed by atoms with Crippen molar-refractivity contribution in [3.8, 4) is 5.75 Å². The highest BCUT2D eigenvalue weighted by atomic mass is 31.1. The minimum Gasteiger partial charge on any atom is -0.508 e. The van der Waals surface area contributed by atoms with E-state index in [4.69, 9.17) is 0 Å². The second kappa shape index (κ2) is 18.2. The Hall–Kier alpha value is -2.11. The van der Waals surface area contributed by atoms with Crippen LogP contribution in [0.5, 0.6) is 5.75 Å². The highest BCUT2D eigenvalue weighted by molar-refractivity contribution is 7.73. The van der Waals surface area contributed by atoms with Crippen LogP contribution in [0.15, 0.2) is 84.9 Å². The monoisotopic (exact) mass is 502 g/mol. The Morgan fingerprint density at radius 2 is 0.806 bits per heavy atom. The van der Waals surface area contributed by atoms with Gasteiger partial charge in [-0.1, -0.05) is 150 Å². The molecule has 0 aromatic heterocycles. The van der Waals surface area contributed by atoms with E-state index >= 15 is 0 Å². The normalized spacial score (nSPS) is 11.2. The van der Waals surface area contributed by atoms with E-state index in [2.05, 4.69) is 60.7 Å². The first kappa shape index (κ1) is 28.5. The van der Waals surface area contributed by atoms with Crippen LogP contribution >= 0.6 is 7.92 Å². The summed E-state index contributed by atoms with van der Waals surface area (Å²) >= 11 is 0. The summed E-state index contributed by atoms with van der Waals surface area (Å²) in [5.74, 6) is 0.367. The molecule has 1 N–H and O–H groups in total. The van der Waals surface area contributed by atoms with Crippen molar-refractivity contribution in [3.63, 3.8) is 0 Å². The third kappa shape index (κ3) is 11.7. The van der Waals surface area contributed by atoms with Crippen LogP contribution in [0.1, 0.15) is 95.5 Å². The lowest BCUT2D eigenvalue weighted by atomic mass is 10.0. The fourth-order valence-corrected chi connectivity index (χ4v) is 7.42. The molecule has 2 heteroatoms. The molecule has 1 nitrogen and oxygen atoms in total. The Labute approximate surface area is 222 Å². The van der Waals surface area contributed by atoms with Crippen LogP contribution in [0.2, 0.25) is 0 Å². The molecule has 194 valence electrons. The molecule has 36 heavy (non-hydrogen) atoms. The van der Waals surface area contributed by atoms with Gasteiger partial charge in [0.2, 0.25) is 0 Å². The van der Waals surface area contributed by atoms with E-state index in [0.717, 1.165) is 6.42 Å². The third-order valence-electron chi connectivity index (χ3n) is 7.17. The SMILES string of the molecule is Oc1ccc(CCCCCCCCCCCCCCCCP(c2ccccc2)c2ccccc2)cc1. The first-order valence-corrected chi connectivity index (χ1v) is 16.0. The number of phenols is 1. The molecule has 0 heterocycles. The average molecular weight is 503 g/mol. The molecule has 0 unspecified atom stereocenters. The molecule has 3 aromatic rings. The van der Waals surface area contributed by atoms with Gasteiger partial charge in [-0.25, -0.2) is 0 Å². The number of unbranched alkanes of at least 4 members (excludes halogenated alkanes) is 13. The van der Waals surface area contributed by atoms with E-state index in [0.29, 0.717) is 5.75 Å². The average Bonchev–Trinajstić information content (AvgIpc) is 2.92. The van der Waals surface area contributed by atoms with E-state index in [1.54, 1.807) is 12.1 Å². The largest absolute Gasteiger partial charge is 0.508 e. The third-order valence-corrected chi connectivity index (χ3v) is 9.78. The molecule has 0 aliphatic heterocycles. The Morgan fingerprint density at radius 1 is 0.417 bits per heavy atom. The molecule has 0 atom stereocenters. The summed E-state index contributed by atoms with van der Waals surface area (Å²) in [7, 11) is -0.213. The zero-order chi connectivity index (χ0) is 25.1. The molecule has 0 aliphatic rings. The van der Waals surface area contributed by atoms with E-state index in [9.17, 15) is 5.11 Å². The molecular weight excluding hydrogens is 455 g/mol. The maximum atomic E-state index is 9.34. The number of hydrogen-bond acceptors (Lipinski definition) is 1. The summed E-state index contributed by atoms with van der Waals surface area (Å²) in [6.07, 6.45) is 21.9. The van der Waals surface area contributed by atoms with Crippen molar-refractivity contribution in [2.75, 3.05) is 6.16 Å². The number of rotatable bonds is 19. The topological polar surface area (TPSA) is 20.2 Å². The number of hydrogen-bond donors (Lipinski definition) is 1. The maximum absolute atomic E-state index is 9.34. The van der Waals surface area contributed by atoms with Crippen LogP contribution in [0.4, 0.5) is 0 Å². The minimum atomic E-state index is -0.213. The number of phenolic OH excluding ortho intramolecular Hbond substituents is 1. The van der Waals surface area contributed by atoms with Crippen molar-refractivity contribution in [3.05, 3.63) is 90.5 Å². The Balaban J connectivity index is 1.12. The predicted octanol–water partition coefficient (Wildman–Crippen LogP) is 9.53. The summed E-state index contributed by atoms with van der Waals surface area (Å²) in [5.41, 5.74) is 1.34. The standard InChI is InChI=1S/C34H47OP/c35-32-28-26-31(27-29-32)21-15-11-9-7-5-3-1-2-4-6-8-10-12-20-30-36(33-22-16-13-17-23-33)34-24-18-14-19-25-34/h13-14,16-19,22-29,35H,1-12,15,20-21,30H2. The first-order valence-electron chi connectivity index (χ1n) is 14.5. The summed E-state index contributed by atoms with van der Waals surface area (Å²) in [6, 6.07) is 30.0. The Kier molecular flexibility index (Phi) is 14.4. The first-order chi connectivity index (χ1) is 17.8. The van der Waals surface area contributed by atoms with Gasteiger partial charge < -0.3 is 5.11 Å². The van der Waals surface area contributed by atoms with Crippen LogP contribution in [0.3, 0.4) is 0 Å². The number of benzene rings is 3. The van der Waals surface area contributed by atoms with Crippen LogP contribution in [-0.2, 0) is 6.42 Å². The Bertz CT molecular complexity index is 867. The molecule has 0 radical (unpaired) electrons. The van der Waals surface area contributed by atoms with Crippen molar-refractivity contribution in [2.45, 2.75) is 96.3 Å². The van der Waals surface area contributed by atoms with Crippen LogP contribution in [-0.4, -0.2) is 11.3 Å². The van der Waals surface area contributed by atoms with E-state index < -0.39 is 0 Å². The lowest BCUT2D eigenvalue weighted by Crippen LogP contribution is -2.13. The second-order valence-corrected chi connectivity index (χ2v) is 12.5. The molecule has 3 rings (SSSR count). The molecular formula is C34H47OP. The van der Waals surface area contributed by atoms with Crippen molar-refractivity contribution in [1.82, 2.24) is 0 Å². The molecule has 0 saturated heterocycles. The summed E-state index contributed by atoms with van der Waals surface area (Å²) in [4.78, 5) is 0. The zero-order valence-electron chi connectivity index (χ0n) is 22.3. The smallest absolute Gasteiger partial charge is 0.115 e. The molecule has 0 bridgehead atoms. The van der Waals surface area contributed by atoms with Gasteiger partial charge in [0.1, 0.15) is 5.75 Å².